The number of nitrogens with two attached hydrogens (primary N) is 1. The Morgan fingerprint density at radius 1 is 1.50 bits per heavy atom. The lowest BCUT2D eigenvalue weighted by molar-refractivity contribution is 0.592. The molecular formula is C11H14FNS. The normalized spacial score (nSPS) is 18.2. The molecule has 0 amide bonds. The summed E-state index contributed by atoms with van der Waals surface area (Å²) < 4.78 is 13.5. The largest absolute Gasteiger partial charge is 0.330 e. The SMILES string of the molecule is CSc1ccc(C2(CN)CC2)cc1F. The summed E-state index contributed by atoms with van der Waals surface area (Å²) in [7, 11) is 0. The average molecular weight is 211 g/mol. The summed E-state index contributed by atoms with van der Waals surface area (Å²) in [4.78, 5) is 0.710. The quantitative estimate of drug-likeness (QED) is 0.777. The third-order valence-corrected chi connectivity index (χ3v) is 3.78. The van der Waals surface area contributed by atoms with E-state index < -0.39 is 0 Å². The van der Waals surface area contributed by atoms with E-state index in [0.29, 0.717) is 11.4 Å². The van der Waals surface area contributed by atoms with Crippen LogP contribution in [0, 0.1) is 5.82 Å². The van der Waals surface area contributed by atoms with Crippen LogP contribution in [0.1, 0.15) is 18.4 Å². The maximum absolute atomic E-state index is 13.5. The molecule has 1 aliphatic carbocycles. The molecule has 1 nitrogen and oxygen atoms in total. The maximum atomic E-state index is 13.5. The van der Waals surface area contributed by atoms with Gasteiger partial charge in [0.1, 0.15) is 5.82 Å². The van der Waals surface area contributed by atoms with Crippen LogP contribution in [-0.2, 0) is 5.41 Å². The standard InChI is InChI=1S/C11H14FNS/c1-14-10-3-2-8(6-9(10)12)11(7-13)4-5-11/h2-3,6H,4-5,7,13H2,1H3. The van der Waals surface area contributed by atoms with Gasteiger partial charge in [-0.2, -0.15) is 0 Å². The predicted octanol–water partition coefficient (Wildman–Crippen LogP) is 2.54. The number of hydrogen-bond donors (Lipinski definition) is 1. The molecule has 1 saturated carbocycles. The molecular weight excluding hydrogens is 197 g/mol. The predicted molar refractivity (Wildman–Crippen MR) is 58.1 cm³/mol. The van der Waals surface area contributed by atoms with Crippen molar-refractivity contribution in [3.8, 4) is 0 Å². The molecule has 0 aliphatic heterocycles. The van der Waals surface area contributed by atoms with Crippen LogP contribution in [0.4, 0.5) is 4.39 Å². The molecule has 0 bridgehead atoms. The highest BCUT2D eigenvalue weighted by Gasteiger charge is 2.42. The Labute approximate surface area is 87.9 Å². The van der Waals surface area contributed by atoms with Crippen LogP contribution in [0.25, 0.3) is 0 Å². The molecule has 0 heterocycles. The van der Waals surface area contributed by atoms with Crippen molar-refractivity contribution < 1.29 is 4.39 Å². The van der Waals surface area contributed by atoms with Crippen molar-refractivity contribution in [2.75, 3.05) is 12.8 Å². The van der Waals surface area contributed by atoms with Gasteiger partial charge in [-0.3, -0.25) is 0 Å². The molecule has 1 aromatic rings. The van der Waals surface area contributed by atoms with Crippen LogP contribution in [0.15, 0.2) is 23.1 Å². The van der Waals surface area contributed by atoms with Crippen molar-refractivity contribution in [2.45, 2.75) is 23.2 Å². The van der Waals surface area contributed by atoms with E-state index in [1.807, 2.05) is 18.4 Å². The van der Waals surface area contributed by atoms with Crippen molar-refractivity contribution >= 4 is 11.8 Å². The summed E-state index contributed by atoms with van der Waals surface area (Å²) in [5.74, 6) is -0.116. The molecule has 0 unspecified atom stereocenters. The van der Waals surface area contributed by atoms with Gasteiger partial charge in [-0.25, -0.2) is 4.39 Å². The lowest BCUT2D eigenvalue weighted by Gasteiger charge is -2.13. The zero-order valence-electron chi connectivity index (χ0n) is 8.22. The Morgan fingerprint density at radius 2 is 2.21 bits per heavy atom. The second-order valence-electron chi connectivity index (χ2n) is 3.83. The zero-order valence-corrected chi connectivity index (χ0v) is 9.03. The van der Waals surface area contributed by atoms with Crippen LogP contribution in [0.5, 0.6) is 0 Å². The molecule has 0 atom stereocenters. The van der Waals surface area contributed by atoms with Crippen LogP contribution in [0.3, 0.4) is 0 Å². The van der Waals surface area contributed by atoms with E-state index in [2.05, 4.69) is 0 Å². The minimum atomic E-state index is -0.116. The van der Waals surface area contributed by atoms with Gasteiger partial charge >= 0.3 is 0 Å². The molecule has 0 saturated heterocycles. The van der Waals surface area contributed by atoms with Gasteiger partial charge in [0.15, 0.2) is 0 Å². The first-order chi connectivity index (χ1) is 6.72. The van der Waals surface area contributed by atoms with Gasteiger partial charge in [0.25, 0.3) is 0 Å². The highest BCUT2D eigenvalue weighted by Crippen LogP contribution is 2.47. The number of halogens is 1. The van der Waals surface area contributed by atoms with E-state index in [0.717, 1.165) is 18.4 Å². The first-order valence-corrected chi connectivity index (χ1v) is 5.98. The molecule has 3 heteroatoms. The lowest BCUT2D eigenvalue weighted by Crippen LogP contribution is -2.19. The van der Waals surface area contributed by atoms with Crippen LogP contribution in [0.2, 0.25) is 0 Å². The smallest absolute Gasteiger partial charge is 0.137 e. The molecule has 1 fully saturated rings. The van der Waals surface area contributed by atoms with E-state index in [1.165, 1.54) is 11.8 Å². The van der Waals surface area contributed by atoms with Crippen molar-refractivity contribution in [2.24, 2.45) is 5.73 Å². The van der Waals surface area contributed by atoms with Gasteiger partial charge in [-0.05, 0) is 36.8 Å². The monoisotopic (exact) mass is 211 g/mol. The second-order valence-corrected chi connectivity index (χ2v) is 4.68. The molecule has 2 N–H and O–H groups in total. The van der Waals surface area contributed by atoms with Crippen LogP contribution >= 0.6 is 11.8 Å². The molecule has 0 aromatic heterocycles. The maximum Gasteiger partial charge on any atom is 0.137 e. The molecule has 0 radical (unpaired) electrons. The minimum Gasteiger partial charge on any atom is -0.330 e. The third kappa shape index (κ3) is 1.55. The van der Waals surface area contributed by atoms with Gasteiger partial charge < -0.3 is 5.73 Å². The summed E-state index contributed by atoms with van der Waals surface area (Å²) in [6.07, 6.45) is 4.08. The molecule has 14 heavy (non-hydrogen) atoms. The first kappa shape index (κ1) is 9.99. The van der Waals surface area contributed by atoms with E-state index in [4.69, 9.17) is 5.73 Å². The summed E-state index contributed by atoms with van der Waals surface area (Å²) in [6, 6.07) is 5.51. The third-order valence-electron chi connectivity index (χ3n) is 3.01. The molecule has 2 rings (SSSR count). The van der Waals surface area contributed by atoms with Crippen molar-refractivity contribution in [1.82, 2.24) is 0 Å². The molecule has 1 aromatic carbocycles. The molecule has 0 spiro atoms. The minimum absolute atomic E-state index is 0.0950. The fourth-order valence-electron chi connectivity index (χ4n) is 1.76. The average Bonchev–Trinajstić information content (AvgIpc) is 2.98. The topological polar surface area (TPSA) is 26.0 Å². The van der Waals surface area contributed by atoms with Gasteiger partial charge in [-0.1, -0.05) is 6.07 Å². The highest BCUT2D eigenvalue weighted by molar-refractivity contribution is 7.98. The van der Waals surface area contributed by atoms with E-state index in [1.54, 1.807) is 6.07 Å². The Bertz CT molecular complexity index is 347. The number of thioether (sulfide) groups is 1. The van der Waals surface area contributed by atoms with Crippen molar-refractivity contribution in [3.05, 3.63) is 29.6 Å². The Kier molecular flexibility index (Phi) is 2.54. The Morgan fingerprint density at radius 3 is 2.64 bits per heavy atom. The number of rotatable bonds is 3. The van der Waals surface area contributed by atoms with Gasteiger partial charge in [0.05, 0.1) is 0 Å². The Balaban J connectivity index is 2.33. The summed E-state index contributed by atoms with van der Waals surface area (Å²) in [6.45, 7) is 0.630. The first-order valence-electron chi connectivity index (χ1n) is 4.76. The van der Waals surface area contributed by atoms with Crippen molar-refractivity contribution in [3.63, 3.8) is 0 Å². The second kappa shape index (κ2) is 3.55. The van der Waals surface area contributed by atoms with E-state index in [-0.39, 0.29) is 11.2 Å². The number of benzene rings is 1. The van der Waals surface area contributed by atoms with Gasteiger partial charge in [0.2, 0.25) is 0 Å². The van der Waals surface area contributed by atoms with Crippen molar-refractivity contribution in [1.29, 1.82) is 0 Å². The zero-order chi connectivity index (χ0) is 10.2. The number of hydrogen-bond acceptors (Lipinski definition) is 2. The fraction of sp³-hybridized carbons (Fsp3) is 0.455. The summed E-state index contributed by atoms with van der Waals surface area (Å²) in [5, 5.41) is 0. The molecule has 76 valence electrons. The highest BCUT2D eigenvalue weighted by atomic mass is 32.2. The lowest BCUT2D eigenvalue weighted by atomic mass is 9.96. The summed E-state index contributed by atoms with van der Waals surface area (Å²) in [5.41, 5.74) is 6.85. The fourth-order valence-corrected chi connectivity index (χ4v) is 2.22. The van der Waals surface area contributed by atoms with E-state index in [9.17, 15) is 4.39 Å². The van der Waals surface area contributed by atoms with E-state index >= 15 is 0 Å². The Hall–Kier alpha value is -0.540. The van der Waals surface area contributed by atoms with Crippen LogP contribution in [-0.4, -0.2) is 12.8 Å². The van der Waals surface area contributed by atoms with Gasteiger partial charge in [-0.15, -0.1) is 11.8 Å². The molecule has 1 aliphatic rings. The summed E-state index contributed by atoms with van der Waals surface area (Å²) >= 11 is 1.44. The van der Waals surface area contributed by atoms with Gasteiger partial charge in [0, 0.05) is 16.9 Å². The van der Waals surface area contributed by atoms with Crippen LogP contribution < -0.4 is 5.73 Å².